The number of amides is 2. The van der Waals surface area contributed by atoms with Gasteiger partial charge in [0.05, 0.1) is 10.8 Å². The number of halogens is 2. The zero-order valence-corrected chi connectivity index (χ0v) is 20.2. The second kappa shape index (κ2) is 11.0. The van der Waals surface area contributed by atoms with E-state index in [-0.39, 0.29) is 24.2 Å². The highest BCUT2D eigenvalue weighted by Crippen LogP contribution is 2.28. The van der Waals surface area contributed by atoms with Gasteiger partial charge in [-0.05, 0) is 18.2 Å². The minimum Gasteiger partial charge on any atom is -0.482 e. The van der Waals surface area contributed by atoms with E-state index >= 15 is 0 Å². The van der Waals surface area contributed by atoms with Crippen LogP contribution in [0.4, 0.5) is 10.3 Å². The minimum atomic E-state index is -0.423. The predicted octanol–water partition coefficient (Wildman–Crippen LogP) is 4.57. The largest absolute Gasteiger partial charge is 0.482 e. The molecule has 0 spiro atoms. The van der Waals surface area contributed by atoms with E-state index in [0.717, 1.165) is 16.3 Å². The van der Waals surface area contributed by atoms with Crippen LogP contribution in [0, 0.1) is 0 Å². The van der Waals surface area contributed by atoms with Crippen LogP contribution in [-0.4, -0.2) is 44.6 Å². The van der Waals surface area contributed by atoms with E-state index in [1.165, 1.54) is 29.2 Å². The molecule has 2 N–H and O–H groups in total. The van der Waals surface area contributed by atoms with Crippen molar-refractivity contribution < 1.29 is 14.3 Å². The van der Waals surface area contributed by atoms with Crippen LogP contribution in [0.5, 0.6) is 5.75 Å². The van der Waals surface area contributed by atoms with Crippen molar-refractivity contribution in [3.63, 3.8) is 0 Å². The number of nitrogens with one attached hydrogen (secondary N) is 2. The Labute approximate surface area is 199 Å². The molecule has 3 aromatic rings. The maximum atomic E-state index is 12.1. The molecule has 1 aromatic carbocycles. The van der Waals surface area contributed by atoms with Crippen LogP contribution in [0.25, 0.3) is 0 Å². The first-order valence-corrected chi connectivity index (χ1v) is 12.1. The summed E-state index contributed by atoms with van der Waals surface area (Å²) in [5, 5.41) is 23.5. The van der Waals surface area contributed by atoms with E-state index < -0.39 is 5.91 Å². The third-order valence-corrected chi connectivity index (χ3v) is 7.05. The number of ether oxygens (including phenoxy) is 1. The molecule has 164 valence electrons. The van der Waals surface area contributed by atoms with Crippen molar-refractivity contribution >= 4 is 79.7 Å². The quantitative estimate of drug-likeness (QED) is 0.312. The second-order valence-electron chi connectivity index (χ2n) is 6.22. The van der Waals surface area contributed by atoms with E-state index in [0.29, 0.717) is 30.4 Å². The monoisotopic (exact) mass is 518 g/mol. The summed E-state index contributed by atoms with van der Waals surface area (Å²) in [6, 6.07) is 4.71. The zero-order valence-electron chi connectivity index (χ0n) is 16.2. The molecule has 3 rings (SSSR count). The Morgan fingerprint density at radius 1 is 1.06 bits per heavy atom. The molecule has 0 aliphatic rings. The van der Waals surface area contributed by atoms with Crippen molar-refractivity contribution in [2.24, 2.45) is 0 Å². The van der Waals surface area contributed by atoms with Gasteiger partial charge in [-0.25, -0.2) is 0 Å². The van der Waals surface area contributed by atoms with Crippen LogP contribution >= 0.6 is 57.6 Å². The highest BCUT2D eigenvalue weighted by molar-refractivity contribution is 8.01. The van der Waals surface area contributed by atoms with E-state index in [1.54, 1.807) is 12.1 Å². The molecule has 31 heavy (non-hydrogen) atoms. The molecular formula is C17H16Cl2N6O3S3. The first-order chi connectivity index (χ1) is 14.8. The molecule has 14 heteroatoms. The van der Waals surface area contributed by atoms with Crippen LogP contribution in [0.3, 0.4) is 0 Å². The lowest BCUT2D eigenvalue weighted by molar-refractivity contribution is -0.118. The van der Waals surface area contributed by atoms with Crippen LogP contribution < -0.4 is 15.4 Å². The van der Waals surface area contributed by atoms with Crippen LogP contribution in [0.2, 0.25) is 10.0 Å². The first-order valence-electron chi connectivity index (χ1n) is 8.77. The van der Waals surface area contributed by atoms with Crippen molar-refractivity contribution in [3.8, 4) is 5.75 Å². The summed E-state index contributed by atoms with van der Waals surface area (Å²) in [5.41, 5.74) is 0. The van der Waals surface area contributed by atoms with Gasteiger partial charge in [-0.2, -0.15) is 0 Å². The summed E-state index contributed by atoms with van der Waals surface area (Å²) in [5.74, 6) is 0.0640. The standard InChI is InChI=1S/C17H16Cl2N6O3S3/c1-8(2)14-22-23-15(30-14)21-13(27)7-29-17-25-24-16(31-17)20-12(26)6-28-11-4-3-9(18)5-10(11)19/h3-5,8H,6-7H2,1-2H3,(H,20,24,26)(H,21,23,27). The maximum absolute atomic E-state index is 12.1. The average molecular weight is 519 g/mol. The van der Waals surface area contributed by atoms with Crippen molar-refractivity contribution in [1.29, 1.82) is 0 Å². The molecule has 0 unspecified atom stereocenters. The Hall–Kier alpha value is -1.99. The molecule has 0 aliphatic carbocycles. The van der Waals surface area contributed by atoms with Crippen molar-refractivity contribution in [2.75, 3.05) is 23.0 Å². The molecule has 0 atom stereocenters. The molecule has 2 heterocycles. The van der Waals surface area contributed by atoms with Gasteiger partial charge in [0.2, 0.25) is 16.2 Å². The summed E-state index contributed by atoms with van der Waals surface area (Å²) < 4.78 is 5.90. The zero-order chi connectivity index (χ0) is 22.4. The number of thioether (sulfide) groups is 1. The average Bonchev–Trinajstić information content (AvgIpc) is 3.35. The number of hydrogen-bond donors (Lipinski definition) is 2. The highest BCUT2D eigenvalue weighted by atomic mass is 35.5. The molecule has 0 saturated carbocycles. The van der Waals surface area contributed by atoms with E-state index in [4.69, 9.17) is 27.9 Å². The van der Waals surface area contributed by atoms with Crippen LogP contribution in [-0.2, 0) is 9.59 Å². The Bertz CT molecular complexity index is 1080. The lowest BCUT2D eigenvalue weighted by Crippen LogP contribution is -2.20. The first kappa shape index (κ1) is 23.7. The van der Waals surface area contributed by atoms with E-state index in [2.05, 4.69) is 31.0 Å². The lowest BCUT2D eigenvalue weighted by Gasteiger charge is -2.07. The van der Waals surface area contributed by atoms with Crippen molar-refractivity contribution in [2.45, 2.75) is 24.1 Å². The van der Waals surface area contributed by atoms with Gasteiger partial charge in [-0.1, -0.05) is 71.5 Å². The lowest BCUT2D eigenvalue weighted by atomic mass is 10.2. The summed E-state index contributed by atoms with van der Waals surface area (Å²) in [6.07, 6.45) is 0. The number of nitrogens with zero attached hydrogens (tertiary/aromatic N) is 4. The molecule has 0 saturated heterocycles. The Kier molecular flexibility index (Phi) is 8.43. The molecule has 9 nitrogen and oxygen atoms in total. The topological polar surface area (TPSA) is 119 Å². The molecule has 0 radical (unpaired) electrons. The van der Waals surface area contributed by atoms with Gasteiger partial charge in [0.1, 0.15) is 10.8 Å². The molecule has 0 bridgehead atoms. The third kappa shape index (κ3) is 7.28. The van der Waals surface area contributed by atoms with Gasteiger partial charge in [-0.15, -0.1) is 20.4 Å². The predicted molar refractivity (Wildman–Crippen MR) is 124 cm³/mol. The highest BCUT2D eigenvalue weighted by Gasteiger charge is 2.14. The fourth-order valence-electron chi connectivity index (χ4n) is 2.01. The number of carbonyl (C=O) groups is 2. The fourth-order valence-corrected chi connectivity index (χ4v) is 4.80. The molecule has 0 fully saturated rings. The number of aromatic nitrogens is 4. The molecular weight excluding hydrogens is 503 g/mol. The van der Waals surface area contributed by atoms with Gasteiger partial charge < -0.3 is 4.74 Å². The Morgan fingerprint density at radius 2 is 1.77 bits per heavy atom. The van der Waals surface area contributed by atoms with Crippen LogP contribution in [0.15, 0.2) is 22.5 Å². The smallest absolute Gasteiger partial charge is 0.264 e. The summed E-state index contributed by atoms with van der Waals surface area (Å²) in [6.45, 7) is 3.76. The Morgan fingerprint density at radius 3 is 2.48 bits per heavy atom. The third-order valence-electron chi connectivity index (χ3n) is 3.41. The van der Waals surface area contributed by atoms with Gasteiger partial charge in [0.25, 0.3) is 5.91 Å². The number of anilines is 2. The second-order valence-corrected chi connectivity index (χ2v) is 10.3. The number of hydrogen-bond acceptors (Lipinski definition) is 10. The maximum Gasteiger partial charge on any atom is 0.264 e. The number of benzene rings is 1. The summed E-state index contributed by atoms with van der Waals surface area (Å²) in [7, 11) is 0. The normalized spacial score (nSPS) is 10.9. The van der Waals surface area contributed by atoms with E-state index in [1.807, 2.05) is 13.8 Å². The van der Waals surface area contributed by atoms with Gasteiger partial charge in [0, 0.05) is 10.9 Å². The summed E-state index contributed by atoms with van der Waals surface area (Å²) in [4.78, 5) is 24.1. The Balaban J connectivity index is 1.42. The van der Waals surface area contributed by atoms with E-state index in [9.17, 15) is 9.59 Å². The SMILES string of the molecule is CC(C)c1nnc(NC(=O)CSc2nnc(NC(=O)COc3ccc(Cl)cc3Cl)s2)s1. The van der Waals surface area contributed by atoms with Crippen molar-refractivity contribution in [3.05, 3.63) is 33.3 Å². The van der Waals surface area contributed by atoms with Crippen molar-refractivity contribution in [1.82, 2.24) is 20.4 Å². The minimum absolute atomic E-state index is 0.122. The van der Waals surface area contributed by atoms with Crippen LogP contribution in [0.1, 0.15) is 24.8 Å². The molecule has 2 aromatic heterocycles. The molecule has 0 aliphatic heterocycles. The fraction of sp³-hybridized carbons (Fsp3) is 0.294. The van der Waals surface area contributed by atoms with Gasteiger partial charge in [-0.3, -0.25) is 20.2 Å². The number of carbonyl (C=O) groups excluding carboxylic acids is 2. The van der Waals surface area contributed by atoms with Gasteiger partial charge >= 0.3 is 0 Å². The van der Waals surface area contributed by atoms with Gasteiger partial charge in [0.15, 0.2) is 10.9 Å². The molecule has 2 amide bonds. The number of rotatable bonds is 9. The summed E-state index contributed by atoms with van der Waals surface area (Å²) >= 11 is 15.5.